The summed E-state index contributed by atoms with van der Waals surface area (Å²) in [5, 5.41) is 3.84. The number of rotatable bonds is 3. The van der Waals surface area contributed by atoms with E-state index in [-0.39, 0.29) is 30.3 Å². The monoisotopic (exact) mass is 288 g/mol. The molecule has 1 saturated heterocycles. The van der Waals surface area contributed by atoms with Crippen molar-refractivity contribution in [2.24, 2.45) is 5.92 Å². The van der Waals surface area contributed by atoms with E-state index in [2.05, 4.69) is 5.32 Å². The van der Waals surface area contributed by atoms with Gasteiger partial charge in [0.1, 0.15) is 0 Å². The Kier molecular flexibility index (Phi) is 5.45. The molecule has 3 nitrogen and oxygen atoms in total. The van der Waals surface area contributed by atoms with Gasteiger partial charge in [0.2, 0.25) is 5.91 Å². The van der Waals surface area contributed by atoms with Crippen LogP contribution < -0.4 is 5.32 Å². The molecule has 1 fully saturated rings. The van der Waals surface area contributed by atoms with E-state index in [1.807, 2.05) is 43.1 Å². The molecule has 1 unspecified atom stereocenters. The highest BCUT2D eigenvalue weighted by molar-refractivity contribution is 6.30. The number of hydrogen-bond acceptors (Lipinski definition) is 2. The molecule has 0 radical (unpaired) electrons. The van der Waals surface area contributed by atoms with E-state index in [1.54, 1.807) is 0 Å². The summed E-state index contributed by atoms with van der Waals surface area (Å²) >= 11 is 5.85. The number of carbonyl (C=O) groups excluding carboxylic acids is 1. The van der Waals surface area contributed by atoms with Gasteiger partial charge in [-0.15, -0.1) is 12.4 Å². The molecule has 1 aliphatic rings. The molecule has 1 aromatic rings. The number of nitrogens with one attached hydrogen (secondary N) is 1. The Morgan fingerprint density at radius 1 is 1.39 bits per heavy atom. The Balaban J connectivity index is 0.00000162. The first-order chi connectivity index (χ1) is 8.09. The summed E-state index contributed by atoms with van der Waals surface area (Å²) in [6.45, 7) is 3.64. The third-order valence-electron chi connectivity index (χ3n) is 3.41. The quantitative estimate of drug-likeness (QED) is 0.927. The molecule has 1 amide bonds. The summed E-state index contributed by atoms with van der Waals surface area (Å²) in [7, 11) is 1.86. The third kappa shape index (κ3) is 3.16. The molecule has 0 bridgehead atoms. The van der Waals surface area contributed by atoms with Gasteiger partial charge in [0.05, 0.1) is 12.0 Å². The van der Waals surface area contributed by atoms with Crippen molar-refractivity contribution in [3.8, 4) is 0 Å². The van der Waals surface area contributed by atoms with Crippen LogP contribution in [0.25, 0.3) is 0 Å². The minimum absolute atomic E-state index is 0. The standard InChI is InChI=1S/C13H17ClN2O.ClH/c1-9(10-3-5-12(14)6-4-10)16(2)13(17)11-7-15-8-11;/h3-6,9,11,15H,7-8H2,1-2H3;1H. The van der Waals surface area contributed by atoms with Gasteiger partial charge in [-0.25, -0.2) is 0 Å². The number of halogens is 2. The van der Waals surface area contributed by atoms with Gasteiger partial charge in [0.25, 0.3) is 0 Å². The van der Waals surface area contributed by atoms with Crippen molar-refractivity contribution in [2.45, 2.75) is 13.0 Å². The van der Waals surface area contributed by atoms with Crippen LogP contribution in [0.1, 0.15) is 18.5 Å². The van der Waals surface area contributed by atoms with E-state index in [1.165, 1.54) is 0 Å². The predicted molar refractivity (Wildman–Crippen MR) is 76.2 cm³/mol. The first kappa shape index (κ1) is 15.3. The molecule has 0 spiro atoms. The topological polar surface area (TPSA) is 32.3 Å². The molecular formula is C13H18Cl2N2O. The van der Waals surface area contributed by atoms with Crippen molar-refractivity contribution in [2.75, 3.05) is 20.1 Å². The van der Waals surface area contributed by atoms with Crippen molar-refractivity contribution in [1.82, 2.24) is 10.2 Å². The van der Waals surface area contributed by atoms with Crippen LogP contribution in [0.3, 0.4) is 0 Å². The number of nitrogens with zero attached hydrogens (tertiary/aromatic N) is 1. The smallest absolute Gasteiger partial charge is 0.228 e. The van der Waals surface area contributed by atoms with E-state index in [9.17, 15) is 4.79 Å². The van der Waals surface area contributed by atoms with Gasteiger partial charge >= 0.3 is 0 Å². The highest BCUT2D eigenvalue weighted by Gasteiger charge is 2.29. The second kappa shape index (κ2) is 6.41. The zero-order chi connectivity index (χ0) is 12.4. The SMILES string of the molecule is CC(c1ccc(Cl)cc1)N(C)C(=O)C1CNC1.Cl. The van der Waals surface area contributed by atoms with Crippen LogP contribution in [0.2, 0.25) is 5.02 Å². The molecule has 0 saturated carbocycles. The number of hydrogen-bond donors (Lipinski definition) is 1. The molecule has 1 aromatic carbocycles. The number of carbonyl (C=O) groups is 1. The van der Waals surface area contributed by atoms with Gasteiger partial charge < -0.3 is 10.2 Å². The third-order valence-corrected chi connectivity index (χ3v) is 3.66. The minimum Gasteiger partial charge on any atom is -0.339 e. The first-order valence-electron chi connectivity index (χ1n) is 5.82. The zero-order valence-corrected chi connectivity index (χ0v) is 12.1. The van der Waals surface area contributed by atoms with Crippen LogP contribution in [-0.2, 0) is 4.79 Å². The average molecular weight is 289 g/mol. The molecule has 1 atom stereocenters. The Bertz CT molecular complexity index is 404. The maximum Gasteiger partial charge on any atom is 0.228 e. The summed E-state index contributed by atoms with van der Waals surface area (Å²) in [6, 6.07) is 7.74. The van der Waals surface area contributed by atoms with Crippen molar-refractivity contribution in [3.05, 3.63) is 34.9 Å². The molecule has 0 aromatic heterocycles. The van der Waals surface area contributed by atoms with E-state index in [0.717, 1.165) is 23.7 Å². The van der Waals surface area contributed by atoms with Crippen molar-refractivity contribution >= 4 is 29.9 Å². The number of amides is 1. The lowest BCUT2D eigenvalue weighted by molar-refractivity contribution is -0.137. The molecule has 1 heterocycles. The predicted octanol–water partition coefficient (Wildman–Crippen LogP) is 2.50. The Morgan fingerprint density at radius 2 is 1.94 bits per heavy atom. The summed E-state index contributed by atoms with van der Waals surface area (Å²) in [6.07, 6.45) is 0. The highest BCUT2D eigenvalue weighted by Crippen LogP contribution is 2.22. The van der Waals surface area contributed by atoms with Gasteiger partial charge in [-0.05, 0) is 24.6 Å². The second-order valence-corrected chi connectivity index (χ2v) is 4.97. The summed E-state index contributed by atoms with van der Waals surface area (Å²) in [5.74, 6) is 0.362. The van der Waals surface area contributed by atoms with Crippen molar-refractivity contribution < 1.29 is 4.79 Å². The second-order valence-electron chi connectivity index (χ2n) is 4.53. The minimum atomic E-state index is 0. The molecule has 5 heteroatoms. The molecule has 0 aliphatic carbocycles. The number of benzene rings is 1. The van der Waals surface area contributed by atoms with E-state index < -0.39 is 0 Å². The lowest BCUT2D eigenvalue weighted by atomic mass is 9.99. The van der Waals surface area contributed by atoms with Crippen LogP contribution >= 0.6 is 24.0 Å². The van der Waals surface area contributed by atoms with Crippen molar-refractivity contribution in [3.63, 3.8) is 0 Å². The van der Waals surface area contributed by atoms with Crippen LogP contribution in [-0.4, -0.2) is 30.9 Å². The van der Waals surface area contributed by atoms with Gasteiger partial charge in [-0.2, -0.15) is 0 Å². The molecule has 100 valence electrons. The fraction of sp³-hybridized carbons (Fsp3) is 0.462. The fourth-order valence-corrected chi connectivity index (χ4v) is 2.03. The molecule has 18 heavy (non-hydrogen) atoms. The van der Waals surface area contributed by atoms with Crippen LogP contribution in [0.4, 0.5) is 0 Å². The average Bonchev–Trinajstić information content (AvgIpc) is 2.25. The van der Waals surface area contributed by atoms with Crippen molar-refractivity contribution in [1.29, 1.82) is 0 Å². The van der Waals surface area contributed by atoms with Gasteiger partial charge in [0, 0.05) is 25.2 Å². The maximum atomic E-state index is 12.1. The van der Waals surface area contributed by atoms with E-state index in [4.69, 9.17) is 11.6 Å². The highest BCUT2D eigenvalue weighted by atomic mass is 35.5. The Hall–Kier alpha value is -0.770. The molecule has 1 N–H and O–H groups in total. The fourth-order valence-electron chi connectivity index (χ4n) is 1.91. The summed E-state index contributed by atoms with van der Waals surface area (Å²) in [4.78, 5) is 13.9. The maximum absolute atomic E-state index is 12.1. The first-order valence-corrected chi connectivity index (χ1v) is 6.20. The molecular weight excluding hydrogens is 271 g/mol. The lowest BCUT2D eigenvalue weighted by Gasteiger charge is -2.33. The van der Waals surface area contributed by atoms with Gasteiger partial charge in [0.15, 0.2) is 0 Å². The van der Waals surface area contributed by atoms with Crippen LogP contribution in [0.5, 0.6) is 0 Å². The summed E-state index contributed by atoms with van der Waals surface area (Å²) in [5.41, 5.74) is 1.11. The van der Waals surface area contributed by atoms with Crippen LogP contribution in [0, 0.1) is 5.92 Å². The van der Waals surface area contributed by atoms with E-state index >= 15 is 0 Å². The zero-order valence-electron chi connectivity index (χ0n) is 10.5. The lowest BCUT2D eigenvalue weighted by Crippen LogP contribution is -2.51. The van der Waals surface area contributed by atoms with Crippen LogP contribution in [0.15, 0.2) is 24.3 Å². The Morgan fingerprint density at radius 3 is 2.39 bits per heavy atom. The van der Waals surface area contributed by atoms with Gasteiger partial charge in [-0.1, -0.05) is 23.7 Å². The summed E-state index contributed by atoms with van der Waals surface area (Å²) < 4.78 is 0. The normalized spacial score (nSPS) is 16.4. The Labute approximate surface area is 119 Å². The molecule has 1 aliphatic heterocycles. The van der Waals surface area contributed by atoms with Gasteiger partial charge in [-0.3, -0.25) is 4.79 Å². The van der Waals surface area contributed by atoms with E-state index in [0.29, 0.717) is 0 Å². The molecule has 2 rings (SSSR count). The largest absolute Gasteiger partial charge is 0.339 e.